The number of anilines is 1. The van der Waals surface area contributed by atoms with Crippen molar-refractivity contribution in [3.05, 3.63) is 122 Å². The van der Waals surface area contributed by atoms with Crippen molar-refractivity contribution >= 4 is 50.8 Å². The SMILES string of the molecule is O=C(Nc1cccc(I)c1)c1ccc2nc(-c3ccc([N+](=O)[O-])cc3)cc(-c3ccccc3)c2c1. The van der Waals surface area contributed by atoms with Crippen molar-refractivity contribution in [1.29, 1.82) is 0 Å². The largest absolute Gasteiger partial charge is 0.322 e. The highest BCUT2D eigenvalue weighted by atomic mass is 127. The van der Waals surface area contributed by atoms with Crippen LogP contribution in [0, 0.1) is 13.7 Å². The fourth-order valence-electron chi connectivity index (χ4n) is 3.89. The summed E-state index contributed by atoms with van der Waals surface area (Å²) in [6.45, 7) is 0. The number of nitro groups is 1. The molecule has 0 fully saturated rings. The van der Waals surface area contributed by atoms with Gasteiger partial charge in [-0.2, -0.15) is 0 Å². The first-order chi connectivity index (χ1) is 17.0. The number of hydrogen-bond acceptors (Lipinski definition) is 4. The van der Waals surface area contributed by atoms with Crippen molar-refractivity contribution in [3.8, 4) is 22.4 Å². The molecule has 5 aromatic rings. The fourth-order valence-corrected chi connectivity index (χ4v) is 4.44. The molecule has 0 saturated heterocycles. The van der Waals surface area contributed by atoms with E-state index in [0.717, 1.165) is 36.9 Å². The Hall–Kier alpha value is -4.11. The number of amides is 1. The van der Waals surface area contributed by atoms with Gasteiger partial charge in [-0.3, -0.25) is 14.9 Å². The highest BCUT2D eigenvalue weighted by Crippen LogP contribution is 2.33. The number of halogens is 1. The third-order valence-corrected chi connectivity index (χ3v) is 6.28. The number of aromatic nitrogens is 1. The average Bonchev–Trinajstić information content (AvgIpc) is 2.88. The Labute approximate surface area is 214 Å². The van der Waals surface area contributed by atoms with E-state index in [4.69, 9.17) is 4.98 Å². The fraction of sp³-hybridized carbons (Fsp3) is 0. The number of carbonyl (C=O) groups excluding carboxylic acids is 1. The second-order valence-corrected chi connectivity index (χ2v) is 9.17. The molecule has 1 amide bonds. The summed E-state index contributed by atoms with van der Waals surface area (Å²) in [5.74, 6) is -0.202. The minimum atomic E-state index is -0.421. The third kappa shape index (κ3) is 4.90. The lowest BCUT2D eigenvalue weighted by atomic mass is 9.97. The Kier molecular flexibility index (Phi) is 6.24. The van der Waals surface area contributed by atoms with Crippen LogP contribution in [0.15, 0.2) is 103 Å². The maximum Gasteiger partial charge on any atom is 0.269 e. The van der Waals surface area contributed by atoms with Gasteiger partial charge in [0.05, 0.1) is 16.1 Å². The molecule has 5 rings (SSSR count). The average molecular weight is 571 g/mol. The molecular weight excluding hydrogens is 553 g/mol. The molecule has 0 atom stereocenters. The van der Waals surface area contributed by atoms with Gasteiger partial charge in [-0.25, -0.2) is 4.98 Å². The third-order valence-electron chi connectivity index (χ3n) is 5.61. The lowest BCUT2D eigenvalue weighted by Crippen LogP contribution is -2.12. The van der Waals surface area contributed by atoms with Gasteiger partial charge in [0.25, 0.3) is 11.6 Å². The van der Waals surface area contributed by atoms with Crippen LogP contribution in [0.1, 0.15) is 10.4 Å². The predicted molar refractivity (Wildman–Crippen MR) is 146 cm³/mol. The highest BCUT2D eigenvalue weighted by Gasteiger charge is 2.14. The van der Waals surface area contributed by atoms with Gasteiger partial charge in [0, 0.05) is 37.9 Å². The Balaban J connectivity index is 1.60. The van der Waals surface area contributed by atoms with Crippen molar-refractivity contribution < 1.29 is 9.72 Å². The first-order valence-electron chi connectivity index (χ1n) is 10.8. The van der Waals surface area contributed by atoms with Crippen LogP contribution in [0.3, 0.4) is 0 Å². The van der Waals surface area contributed by atoms with Crippen LogP contribution in [0.5, 0.6) is 0 Å². The van der Waals surface area contributed by atoms with E-state index in [1.807, 2.05) is 72.8 Å². The number of carbonyl (C=O) groups is 1. The number of benzene rings is 4. The summed E-state index contributed by atoms with van der Waals surface area (Å²) in [5, 5.41) is 14.8. The molecule has 0 unspecified atom stereocenters. The topological polar surface area (TPSA) is 85.1 Å². The number of pyridine rings is 1. The van der Waals surface area contributed by atoms with Crippen LogP contribution < -0.4 is 5.32 Å². The van der Waals surface area contributed by atoms with Gasteiger partial charge >= 0.3 is 0 Å². The van der Waals surface area contributed by atoms with E-state index in [9.17, 15) is 14.9 Å². The van der Waals surface area contributed by atoms with Gasteiger partial charge in [0.1, 0.15) is 0 Å². The Morgan fingerprint density at radius 2 is 1.60 bits per heavy atom. The Morgan fingerprint density at radius 1 is 0.829 bits per heavy atom. The van der Waals surface area contributed by atoms with Crippen molar-refractivity contribution in [2.45, 2.75) is 0 Å². The van der Waals surface area contributed by atoms with Crippen molar-refractivity contribution in [3.63, 3.8) is 0 Å². The number of fused-ring (bicyclic) bond motifs is 1. The zero-order chi connectivity index (χ0) is 24.4. The van der Waals surface area contributed by atoms with Gasteiger partial charge in [-0.1, -0.05) is 36.4 Å². The standard InChI is InChI=1S/C28H18IN3O3/c29-21-7-4-8-22(16-21)30-28(33)20-11-14-26-25(15-20)24(18-5-2-1-3-6-18)17-27(31-26)19-9-12-23(13-10-19)32(34)35/h1-17H,(H,30,33). The van der Waals surface area contributed by atoms with E-state index in [2.05, 4.69) is 27.9 Å². The summed E-state index contributed by atoms with van der Waals surface area (Å²) in [5.41, 5.74) is 5.39. The molecular formula is C28H18IN3O3. The van der Waals surface area contributed by atoms with E-state index < -0.39 is 4.92 Å². The van der Waals surface area contributed by atoms with Crippen LogP contribution in [0.2, 0.25) is 0 Å². The van der Waals surface area contributed by atoms with Gasteiger partial charge in [0.15, 0.2) is 0 Å². The molecule has 0 saturated carbocycles. The van der Waals surface area contributed by atoms with E-state index in [-0.39, 0.29) is 11.6 Å². The lowest BCUT2D eigenvalue weighted by molar-refractivity contribution is -0.384. The van der Waals surface area contributed by atoms with Crippen LogP contribution >= 0.6 is 22.6 Å². The molecule has 7 heteroatoms. The second-order valence-electron chi connectivity index (χ2n) is 7.92. The van der Waals surface area contributed by atoms with Crippen molar-refractivity contribution in [2.24, 2.45) is 0 Å². The highest BCUT2D eigenvalue weighted by molar-refractivity contribution is 14.1. The molecule has 1 aromatic heterocycles. The molecule has 35 heavy (non-hydrogen) atoms. The van der Waals surface area contributed by atoms with E-state index >= 15 is 0 Å². The molecule has 170 valence electrons. The number of nitrogens with one attached hydrogen (secondary N) is 1. The lowest BCUT2D eigenvalue weighted by Gasteiger charge is -2.12. The monoisotopic (exact) mass is 571 g/mol. The summed E-state index contributed by atoms with van der Waals surface area (Å²) in [4.78, 5) is 28.4. The normalized spacial score (nSPS) is 10.8. The summed E-state index contributed by atoms with van der Waals surface area (Å²) in [6.07, 6.45) is 0. The number of nitrogens with zero attached hydrogens (tertiary/aromatic N) is 2. The minimum Gasteiger partial charge on any atom is -0.322 e. The van der Waals surface area contributed by atoms with Crippen molar-refractivity contribution in [1.82, 2.24) is 4.98 Å². The van der Waals surface area contributed by atoms with Gasteiger partial charge < -0.3 is 5.32 Å². The molecule has 0 spiro atoms. The quantitative estimate of drug-likeness (QED) is 0.136. The van der Waals surface area contributed by atoms with E-state index in [0.29, 0.717) is 11.3 Å². The number of nitro benzene ring substituents is 1. The summed E-state index contributed by atoms with van der Waals surface area (Å²) >= 11 is 2.21. The molecule has 4 aromatic carbocycles. The summed E-state index contributed by atoms with van der Waals surface area (Å²) < 4.78 is 1.04. The molecule has 0 aliphatic rings. The van der Waals surface area contributed by atoms with Gasteiger partial charge in [-0.15, -0.1) is 0 Å². The van der Waals surface area contributed by atoms with Crippen LogP contribution in [0.4, 0.5) is 11.4 Å². The van der Waals surface area contributed by atoms with E-state index in [1.165, 1.54) is 12.1 Å². The maximum absolute atomic E-state index is 13.0. The molecule has 0 bridgehead atoms. The van der Waals surface area contributed by atoms with Gasteiger partial charge in [-0.05, 0) is 88.3 Å². The molecule has 1 N–H and O–H groups in total. The number of non-ortho nitro benzene ring substituents is 1. The molecule has 0 radical (unpaired) electrons. The molecule has 6 nitrogen and oxygen atoms in total. The number of hydrogen-bond donors (Lipinski definition) is 1. The molecule has 1 heterocycles. The molecule has 0 aliphatic heterocycles. The minimum absolute atomic E-state index is 0.0292. The first-order valence-corrected chi connectivity index (χ1v) is 11.9. The van der Waals surface area contributed by atoms with Gasteiger partial charge in [0.2, 0.25) is 0 Å². The van der Waals surface area contributed by atoms with E-state index in [1.54, 1.807) is 18.2 Å². The Morgan fingerprint density at radius 3 is 2.31 bits per heavy atom. The van der Waals surface area contributed by atoms with Crippen LogP contribution in [-0.2, 0) is 0 Å². The van der Waals surface area contributed by atoms with Crippen LogP contribution in [-0.4, -0.2) is 15.8 Å². The Bertz CT molecular complexity index is 1570. The maximum atomic E-state index is 13.0. The second kappa shape index (κ2) is 9.63. The van der Waals surface area contributed by atoms with Crippen LogP contribution in [0.25, 0.3) is 33.3 Å². The molecule has 0 aliphatic carbocycles. The summed E-state index contributed by atoms with van der Waals surface area (Å²) in [7, 11) is 0. The zero-order valence-corrected chi connectivity index (χ0v) is 20.5. The zero-order valence-electron chi connectivity index (χ0n) is 18.3. The van der Waals surface area contributed by atoms with Crippen molar-refractivity contribution in [2.75, 3.05) is 5.32 Å². The summed E-state index contributed by atoms with van der Waals surface area (Å²) in [6, 6.07) is 31.3. The predicted octanol–water partition coefficient (Wildman–Crippen LogP) is 7.33. The first kappa shape index (κ1) is 22.7. The smallest absolute Gasteiger partial charge is 0.269 e. The number of rotatable bonds is 5.